The van der Waals surface area contributed by atoms with Gasteiger partial charge in [-0.15, -0.1) is 0 Å². The standard InChI is InChI=1S/C23H19F2N5O2/c1-29-19-5-3-4-6-20(19)30(2)23(29)16(12-26)21(31)9-10-22(32)28-18(13-27)15-8-7-14(24)11-17(15)25/h3-8,11,18H,9-10H2,1-2H3,(H,28,32). The van der Waals surface area contributed by atoms with Crippen molar-refractivity contribution in [2.24, 2.45) is 0 Å². The van der Waals surface area contributed by atoms with E-state index in [9.17, 15) is 28.9 Å². The predicted octanol–water partition coefficient (Wildman–Crippen LogP) is 3.32. The minimum absolute atomic E-state index is 0.0968. The van der Waals surface area contributed by atoms with E-state index in [1.165, 1.54) is 0 Å². The summed E-state index contributed by atoms with van der Waals surface area (Å²) in [4.78, 5) is 28.5. The summed E-state index contributed by atoms with van der Waals surface area (Å²) >= 11 is 0. The van der Waals surface area contributed by atoms with Crippen LogP contribution in [0.15, 0.2) is 53.9 Å². The number of ketones is 1. The molecule has 0 bridgehead atoms. The van der Waals surface area contributed by atoms with Crippen LogP contribution in [-0.2, 0) is 9.59 Å². The lowest BCUT2D eigenvalue weighted by atomic mass is 10.1. The van der Waals surface area contributed by atoms with Crippen LogP contribution < -0.4 is 15.1 Å². The first kappa shape index (κ1) is 22.4. The zero-order valence-corrected chi connectivity index (χ0v) is 17.4. The molecule has 9 heteroatoms. The van der Waals surface area contributed by atoms with Gasteiger partial charge in [-0.3, -0.25) is 9.59 Å². The number of nitrogens with zero attached hydrogens (tertiary/aromatic N) is 4. The quantitative estimate of drug-likeness (QED) is 0.552. The van der Waals surface area contributed by atoms with Crippen molar-refractivity contribution >= 4 is 23.1 Å². The molecule has 0 radical (unpaired) electrons. The maximum absolute atomic E-state index is 13.9. The highest BCUT2D eigenvalue weighted by molar-refractivity contribution is 6.03. The first-order chi connectivity index (χ1) is 15.3. The summed E-state index contributed by atoms with van der Waals surface area (Å²) < 4.78 is 27.0. The fraction of sp³-hybridized carbons (Fsp3) is 0.217. The second-order valence-electron chi connectivity index (χ2n) is 7.14. The highest BCUT2D eigenvalue weighted by Gasteiger charge is 2.31. The third-order valence-electron chi connectivity index (χ3n) is 5.14. The number of hydrogen-bond donors (Lipinski definition) is 1. The number of halogens is 2. The molecule has 1 atom stereocenters. The summed E-state index contributed by atoms with van der Waals surface area (Å²) in [6, 6.07) is 12.4. The van der Waals surface area contributed by atoms with Crippen LogP contribution in [0.2, 0.25) is 0 Å². The molecule has 0 aromatic heterocycles. The molecule has 1 heterocycles. The van der Waals surface area contributed by atoms with Crippen LogP contribution >= 0.6 is 0 Å². The van der Waals surface area contributed by atoms with Gasteiger partial charge in [-0.2, -0.15) is 10.5 Å². The molecule has 162 valence electrons. The molecule has 1 N–H and O–H groups in total. The van der Waals surface area contributed by atoms with Crippen molar-refractivity contribution in [3.63, 3.8) is 0 Å². The van der Waals surface area contributed by atoms with Gasteiger partial charge < -0.3 is 15.1 Å². The molecule has 1 aliphatic heterocycles. The van der Waals surface area contributed by atoms with E-state index in [0.29, 0.717) is 11.9 Å². The van der Waals surface area contributed by atoms with Crippen molar-refractivity contribution in [2.75, 3.05) is 23.9 Å². The molecule has 0 spiro atoms. The fourth-order valence-electron chi connectivity index (χ4n) is 3.56. The van der Waals surface area contributed by atoms with E-state index >= 15 is 0 Å². The fourth-order valence-corrected chi connectivity index (χ4v) is 3.56. The number of fused-ring (bicyclic) bond motifs is 1. The van der Waals surface area contributed by atoms with Gasteiger partial charge in [0.1, 0.15) is 35.1 Å². The summed E-state index contributed by atoms with van der Waals surface area (Å²) in [7, 11) is 3.48. The number of carbonyl (C=O) groups is 2. The van der Waals surface area contributed by atoms with Gasteiger partial charge in [-0.1, -0.05) is 18.2 Å². The number of anilines is 2. The number of nitriles is 2. The second-order valence-corrected chi connectivity index (χ2v) is 7.14. The van der Waals surface area contributed by atoms with Gasteiger partial charge in [-0.05, 0) is 18.2 Å². The second kappa shape index (κ2) is 9.27. The van der Waals surface area contributed by atoms with Gasteiger partial charge >= 0.3 is 0 Å². The average molecular weight is 435 g/mol. The molecule has 2 aromatic rings. The summed E-state index contributed by atoms with van der Waals surface area (Å²) in [5.74, 6) is -2.57. The van der Waals surface area contributed by atoms with Crippen LogP contribution in [0.1, 0.15) is 24.4 Å². The Balaban J connectivity index is 1.71. The van der Waals surface area contributed by atoms with Gasteiger partial charge in [0.15, 0.2) is 5.78 Å². The zero-order chi connectivity index (χ0) is 23.4. The number of carbonyl (C=O) groups excluding carboxylic acids is 2. The van der Waals surface area contributed by atoms with Crippen LogP contribution in [0, 0.1) is 34.3 Å². The van der Waals surface area contributed by atoms with Crippen molar-refractivity contribution < 1.29 is 18.4 Å². The largest absolute Gasteiger partial charge is 0.337 e. The molecule has 0 aliphatic carbocycles. The van der Waals surface area contributed by atoms with Gasteiger partial charge in [0.05, 0.1) is 17.4 Å². The number of Topliss-reactive ketones (excluding diaryl/α,β-unsaturated/α-hetero) is 1. The molecule has 0 fully saturated rings. The zero-order valence-electron chi connectivity index (χ0n) is 17.4. The number of benzene rings is 2. The highest BCUT2D eigenvalue weighted by atomic mass is 19.1. The summed E-state index contributed by atoms with van der Waals surface area (Å²) in [5.41, 5.74) is 1.39. The Labute approximate surface area is 183 Å². The number of rotatable bonds is 6. The Morgan fingerprint density at radius 2 is 1.66 bits per heavy atom. The van der Waals surface area contributed by atoms with E-state index < -0.39 is 29.4 Å². The first-order valence-electron chi connectivity index (χ1n) is 9.66. The Hall–Kier alpha value is -4.24. The molecule has 0 saturated heterocycles. The van der Waals surface area contributed by atoms with Crippen molar-refractivity contribution in [1.82, 2.24) is 5.32 Å². The molecule has 3 rings (SSSR count). The van der Waals surface area contributed by atoms with Crippen molar-refractivity contribution in [3.05, 3.63) is 71.1 Å². The summed E-state index contributed by atoms with van der Waals surface area (Å²) in [6.07, 6.45) is -0.584. The molecular formula is C23H19F2N5O2. The van der Waals surface area contributed by atoms with E-state index in [1.54, 1.807) is 30.0 Å². The lowest BCUT2D eigenvalue weighted by molar-refractivity contribution is -0.124. The van der Waals surface area contributed by atoms with E-state index in [2.05, 4.69) is 5.32 Å². The van der Waals surface area contributed by atoms with E-state index in [-0.39, 0.29) is 24.0 Å². The topological polar surface area (TPSA) is 100 Å². The third kappa shape index (κ3) is 4.28. The molecule has 1 amide bonds. The van der Waals surface area contributed by atoms with Gasteiger partial charge in [0, 0.05) is 38.6 Å². The highest BCUT2D eigenvalue weighted by Crippen LogP contribution is 2.40. The van der Waals surface area contributed by atoms with Crippen molar-refractivity contribution in [2.45, 2.75) is 18.9 Å². The number of amides is 1. The Morgan fingerprint density at radius 3 is 2.19 bits per heavy atom. The molecule has 32 heavy (non-hydrogen) atoms. The third-order valence-corrected chi connectivity index (χ3v) is 5.14. The average Bonchev–Trinajstić information content (AvgIpc) is 3.02. The van der Waals surface area contributed by atoms with E-state index in [1.807, 2.05) is 30.3 Å². The number of hydrogen-bond acceptors (Lipinski definition) is 6. The van der Waals surface area contributed by atoms with E-state index in [4.69, 9.17) is 0 Å². The summed E-state index contributed by atoms with van der Waals surface area (Å²) in [5, 5.41) is 21.2. The van der Waals surface area contributed by atoms with Gasteiger partial charge in [-0.25, -0.2) is 8.78 Å². The van der Waals surface area contributed by atoms with Crippen LogP contribution in [0.4, 0.5) is 20.2 Å². The van der Waals surface area contributed by atoms with Gasteiger partial charge in [0.2, 0.25) is 5.91 Å². The smallest absolute Gasteiger partial charge is 0.221 e. The Morgan fingerprint density at radius 1 is 1.03 bits per heavy atom. The Bertz CT molecular complexity index is 1160. The number of nitrogens with one attached hydrogen (secondary N) is 1. The van der Waals surface area contributed by atoms with Crippen LogP contribution in [0.3, 0.4) is 0 Å². The molecule has 1 unspecified atom stereocenters. The Kier molecular flexibility index (Phi) is 6.50. The van der Waals surface area contributed by atoms with Crippen LogP contribution in [0.5, 0.6) is 0 Å². The molecule has 0 saturated carbocycles. The van der Waals surface area contributed by atoms with Crippen molar-refractivity contribution in [1.29, 1.82) is 10.5 Å². The first-order valence-corrected chi connectivity index (χ1v) is 9.66. The molecule has 7 nitrogen and oxygen atoms in total. The number of allylic oxidation sites excluding steroid dienone is 1. The SMILES string of the molecule is CN1C(=C(C#N)C(=O)CCC(=O)NC(C#N)c2ccc(F)cc2F)N(C)c2ccccc21. The van der Waals surface area contributed by atoms with Crippen LogP contribution in [0.25, 0.3) is 0 Å². The minimum Gasteiger partial charge on any atom is -0.337 e. The molecule has 1 aliphatic rings. The minimum atomic E-state index is -1.34. The lowest BCUT2D eigenvalue weighted by Gasteiger charge is -2.20. The monoisotopic (exact) mass is 435 g/mol. The van der Waals surface area contributed by atoms with Crippen molar-refractivity contribution in [3.8, 4) is 12.1 Å². The normalized spacial score (nSPS) is 13.1. The van der Waals surface area contributed by atoms with Crippen LogP contribution in [-0.4, -0.2) is 25.8 Å². The predicted molar refractivity (Wildman–Crippen MR) is 113 cm³/mol. The molecular weight excluding hydrogens is 416 g/mol. The lowest BCUT2D eigenvalue weighted by Crippen LogP contribution is -2.29. The maximum atomic E-state index is 13.9. The number of para-hydroxylation sites is 2. The molecule has 2 aromatic carbocycles. The van der Waals surface area contributed by atoms with Gasteiger partial charge in [0.25, 0.3) is 0 Å². The van der Waals surface area contributed by atoms with E-state index in [0.717, 1.165) is 23.5 Å². The summed E-state index contributed by atoms with van der Waals surface area (Å²) in [6.45, 7) is 0. The maximum Gasteiger partial charge on any atom is 0.221 e.